The molecule has 5 nitrogen and oxygen atoms in total. The summed E-state index contributed by atoms with van der Waals surface area (Å²) in [5, 5.41) is 3.98. The predicted octanol–water partition coefficient (Wildman–Crippen LogP) is 2.98. The van der Waals surface area contributed by atoms with E-state index in [4.69, 9.17) is 17.3 Å². The molecule has 0 aliphatic carbocycles. The quantitative estimate of drug-likeness (QED) is 0.898. The summed E-state index contributed by atoms with van der Waals surface area (Å²) < 4.78 is 0. The topological polar surface area (TPSA) is 76.7 Å². The molecule has 0 saturated heterocycles. The number of nitrogens with two attached hydrogens (primary N) is 1. The maximum Gasteiger partial charge on any atom is 0.228 e. The molecule has 1 unspecified atom stereocenters. The van der Waals surface area contributed by atoms with Crippen LogP contribution in [0.25, 0.3) is 0 Å². The zero-order chi connectivity index (χ0) is 13.8. The third-order valence-electron chi connectivity index (χ3n) is 2.75. The molecule has 1 heterocycles. The third-order valence-corrected chi connectivity index (χ3v) is 3.00. The van der Waals surface area contributed by atoms with Crippen molar-refractivity contribution in [1.29, 1.82) is 0 Å². The van der Waals surface area contributed by atoms with E-state index in [9.17, 15) is 0 Å². The van der Waals surface area contributed by atoms with Gasteiger partial charge in [-0.1, -0.05) is 30.7 Å². The summed E-state index contributed by atoms with van der Waals surface area (Å²) in [5.41, 5.74) is 6.74. The minimum absolute atomic E-state index is 0.110. The van der Waals surface area contributed by atoms with Crippen LogP contribution < -0.4 is 11.1 Å². The van der Waals surface area contributed by atoms with E-state index < -0.39 is 0 Å². The molecule has 0 aliphatic rings. The number of benzene rings is 1. The summed E-state index contributed by atoms with van der Waals surface area (Å²) >= 11 is 5.89. The minimum Gasteiger partial charge on any atom is -0.368 e. The van der Waals surface area contributed by atoms with Gasteiger partial charge in [-0.2, -0.15) is 15.0 Å². The van der Waals surface area contributed by atoms with Gasteiger partial charge in [-0.25, -0.2) is 0 Å². The van der Waals surface area contributed by atoms with E-state index in [0.29, 0.717) is 11.8 Å². The molecule has 0 fully saturated rings. The van der Waals surface area contributed by atoms with Crippen LogP contribution in [0.1, 0.15) is 30.8 Å². The number of aromatic nitrogens is 3. The van der Waals surface area contributed by atoms with Gasteiger partial charge in [0, 0.05) is 5.02 Å². The summed E-state index contributed by atoms with van der Waals surface area (Å²) in [6.45, 7) is 3.87. The number of aryl methyl sites for hydroxylation is 1. The van der Waals surface area contributed by atoms with E-state index in [1.54, 1.807) is 6.92 Å². The molecule has 1 aromatic heterocycles. The molecular formula is C13H16ClN5. The molecule has 19 heavy (non-hydrogen) atoms. The fourth-order valence-corrected chi connectivity index (χ4v) is 1.97. The Kier molecular flexibility index (Phi) is 4.16. The smallest absolute Gasteiger partial charge is 0.228 e. The van der Waals surface area contributed by atoms with E-state index in [1.165, 1.54) is 0 Å². The highest BCUT2D eigenvalue weighted by molar-refractivity contribution is 6.30. The van der Waals surface area contributed by atoms with Crippen molar-refractivity contribution in [3.63, 3.8) is 0 Å². The summed E-state index contributed by atoms with van der Waals surface area (Å²) in [7, 11) is 0. The second-order valence-corrected chi connectivity index (χ2v) is 4.66. The van der Waals surface area contributed by atoms with E-state index >= 15 is 0 Å². The Balaban J connectivity index is 2.21. The van der Waals surface area contributed by atoms with Gasteiger partial charge in [-0.05, 0) is 31.0 Å². The summed E-state index contributed by atoms with van der Waals surface area (Å²) in [6.07, 6.45) is 0.895. The van der Waals surface area contributed by atoms with Gasteiger partial charge in [0.2, 0.25) is 11.9 Å². The Morgan fingerprint density at radius 3 is 2.47 bits per heavy atom. The first kappa shape index (κ1) is 13.5. The second kappa shape index (κ2) is 5.84. The molecule has 3 N–H and O–H groups in total. The first-order valence-corrected chi connectivity index (χ1v) is 6.46. The highest BCUT2D eigenvalue weighted by Crippen LogP contribution is 2.22. The molecule has 0 bridgehead atoms. The monoisotopic (exact) mass is 277 g/mol. The summed E-state index contributed by atoms with van der Waals surface area (Å²) in [4.78, 5) is 12.3. The van der Waals surface area contributed by atoms with Gasteiger partial charge in [0.05, 0.1) is 6.04 Å². The Morgan fingerprint density at radius 2 is 1.89 bits per heavy atom. The van der Waals surface area contributed by atoms with Crippen LogP contribution >= 0.6 is 11.6 Å². The molecule has 0 aliphatic heterocycles. The minimum atomic E-state index is 0.110. The van der Waals surface area contributed by atoms with Crippen LogP contribution in [0, 0.1) is 6.92 Å². The Morgan fingerprint density at radius 1 is 1.21 bits per heavy atom. The van der Waals surface area contributed by atoms with Crippen molar-refractivity contribution in [2.45, 2.75) is 26.3 Å². The predicted molar refractivity (Wildman–Crippen MR) is 77.1 cm³/mol. The maximum atomic E-state index is 5.89. The number of hydrogen-bond acceptors (Lipinski definition) is 5. The molecule has 2 aromatic rings. The lowest BCUT2D eigenvalue weighted by Crippen LogP contribution is -2.14. The van der Waals surface area contributed by atoms with Crippen LogP contribution in [0.5, 0.6) is 0 Å². The number of hydrogen-bond donors (Lipinski definition) is 2. The average Bonchev–Trinajstić information content (AvgIpc) is 2.36. The lowest BCUT2D eigenvalue weighted by atomic mass is 10.1. The SMILES string of the molecule is CCC(Nc1nc(C)nc(N)n1)c1ccc(Cl)cc1. The van der Waals surface area contributed by atoms with Crippen LogP contribution in [0.2, 0.25) is 5.02 Å². The van der Waals surface area contributed by atoms with Gasteiger partial charge >= 0.3 is 0 Å². The molecule has 0 radical (unpaired) electrons. The van der Waals surface area contributed by atoms with Crippen LogP contribution in [-0.4, -0.2) is 15.0 Å². The van der Waals surface area contributed by atoms with Crippen molar-refractivity contribution in [1.82, 2.24) is 15.0 Å². The van der Waals surface area contributed by atoms with Gasteiger partial charge in [0.25, 0.3) is 0 Å². The van der Waals surface area contributed by atoms with E-state index in [-0.39, 0.29) is 12.0 Å². The van der Waals surface area contributed by atoms with E-state index in [0.717, 1.165) is 17.0 Å². The van der Waals surface area contributed by atoms with Gasteiger partial charge in [-0.3, -0.25) is 0 Å². The fraction of sp³-hybridized carbons (Fsp3) is 0.308. The average molecular weight is 278 g/mol. The largest absolute Gasteiger partial charge is 0.368 e. The van der Waals surface area contributed by atoms with E-state index in [1.807, 2.05) is 24.3 Å². The number of nitrogens with zero attached hydrogens (tertiary/aromatic N) is 3. The van der Waals surface area contributed by atoms with Crippen molar-refractivity contribution in [3.05, 3.63) is 40.7 Å². The van der Waals surface area contributed by atoms with Gasteiger partial charge in [0.15, 0.2) is 0 Å². The molecule has 0 saturated carbocycles. The zero-order valence-electron chi connectivity index (χ0n) is 10.9. The lowest BCUT2D eigenvalue weighted by Gasteiger charge is -2.17. The van der Waals surface area contributed by atoms with Crippen LogP contribution in [0.4, 0.5) is 11.9 Å². The summed E-state index contributed by atoms with van der Waals surface area (Å²) in [6, 6.07) is 7.82. The Labute approximate surface area is 117 Å². The normalized spacial score (nSPS) is 12.2. The van der Waals surface area contributed by atoms with Gasteiger partial charge in [-0.15, -0.1) is 0 Å². The zero-order valence-corrected chi connectivity index (χ0v) is 11.6. The van der Waals surface area contributed by atoms with Gasteiger partial charge in [0.1, 0.15) is 5.82 Å². The number of nitrogens with one attached hydrogen (secondary N) is 1. The molecule has 0 amide bonds. The van der Waals surface area contributed by atoms with Crippen molar-refractivity contribution in [2.24, 2.45) is 0 Å². The highest BCUT2D eigenvalue weighted by Gasteiger charge is 2.11. The standard InChI is InChI=1S/C13H16ClN5/c1-3-11(9-4-6-10(14)7-5-9)18-13-17-8(2)16-12(15)19-13/h4-7,11H,3H2,1-2H3,(H3,15,16,17,18,19). The molecular weight excluding hydrogens is 262 g/mol. The molecule has 100 valence electrons. The van der Waals surface area contributed by atoms with Gasteiger partial charge < -0.3 is 11.1 Å². The van der Waals surface area contributed by atoms with Crippen molar-refractivity contribution < 1.29 is 0 Å². The molecule has 0 spiro atoms. The number of halogens is 1. The first-order valence-electron chi connectivity index (χ1n) is 6.08. The fourth-order valence-electron chi connectivity index (χ4n) is 1.84. The third kappa shape index (κ3) is 3.54. The Hall–Kier alpha value is -1.88. The number of rotatable bonds is 4. The molecule has 2 rings (SSSR count). The van der Waals surface area contributed by atoms with Crippen LogP contribution in [0.15, 0.2) is 24.3 Å². The maximum absolute atomic E-state index is 5.89. The van der Waals surface area contributed by atoms with E-state index in [2.05, 4.69) is 27.2 Å². The van der Waals surface area contributed by atoms with Crippen LogP contribution in [0.3, 0.4) is 0 Å². The Bertz CT molecular complexity index is 535. The van der Waals surface area contributed by atoms with Crippen molar-refractivity contribution in [2.75, 3.05) is 11.1 Å². The van der Waals surface area contributed by atoms with Crippen molar-refractivity contribution >= 4 is 23.5 Å². The first-order chi connectivity index (χ1) is 9.08. The lowest BCUT2D eigenvalue weighted by molar-refractivity contribution is 0.735. The van der Waals surface area contributed by atoms with Crippen molar-refractivity contribution in [3.8, 4) is 0 Å². The molecule has 1 aromatic carbocycles. The second-order valence-electron chi connectivity index (χ2n) is 4.22. The van der Waals surface area contributed by atoms with Crippen LogP contribution in [-0.2, 0) is 0 Å². The number of anilines is 2. The molecule has 6 heteroatoms. The summed E-state index contributed by atoms with van der Waals surface area (Å²) in [5.74, 6) is 1.31. The molecule has 1 atom stereocenters. The highest BCUT2D eigenvalue weighted by atomic mass is 35.5. The number of nitrogen functional groups attached to an aromatic ring is 1.